The standard InChI is InChI=1S/C13H17N3O3S/c1-9-5-10(6-14)3-4-13(9)20(18,19)16(2)11-7-15-8-12(11)17/h3-5,11-12,15,17H,7-8H2,1-2H3/t11-,12-/m1/s1. The van der Waals surface area contributed by atoms with Crippen molar-refractivity contribution >= 4 is 10.0 Å². The molecule has 0 bridgehead atoms. The molecular formula is C13H17N3O3S. The van der Waals surface area contributed by atoms with E-state index in [1.54, 1.807) is 13.0 Å². The van der Waals surface area contributed by atoms with Crippen molar-refractivity contribution in [2.24, 2.45) is 0 Å². The highest BCUT2D eigenvalue weighted by atomic mass is 32.2. The number of nitrogens with one attached hydrogen (secondary N) is 1. The molecule has 1 aromatic carbocycles. The summed E-state index contributed by atoms with van der Waals surface area (Å²) in [7, 11) is -2.22. The van der Waals surface area contributed by atoms with Crippen LogP contribution in [0.4, 0.5) is 0 Å². The van der Waals surface area contributed by atoms with Gasteiger partial charge in [-0.25, -0.2) is 8.42 Å². The smallest absolute Gasteiger partial charge is 0.243 e. The molecule has 6 nitrogen and oxygen atoms in total. The van der Waals surface area contributed by atoms with Crippen LogP contribution in [0.25, 0.3) is 0 Å². The fraction of sp³-hybridized carbons (Fsp3) is 0.462. The Kier molecular flexibility index (Phi) is 4.11. The third kappa shape index (κ3) is 2.55. The fourth-order valence-corrected chi connectivity index (χ4v) is 3.95. The third-order valence-corrected chi connectivity index (χ3v) is 5.62. The predicted molar refractivity (Wildman–Crippen MR) is 73.5 cm³/mol. The molecule has 2 rings (SSSR count). The maximum Gasteiger partial charge on any atom is 0.243 e. The average Bonchev–Trinajstić information content (AvgIpc) is 2.83. The quantitative estimate of drug-likeness (QED) is 0.807. The Morgan fingerprint density at radius 2 is 2.15 bits per heavy atom. The molecule has 7 heteroatoms. The van der Waals surface area contributed by atoms with Crippen LogP contribution in [0.5, 0.6) is 0 Å². The number of nitrogens with zero attached hydrogens (tertiary/aromatic N) is 2. The summed E-state index contributed by atoms with van der Waals surface area (Å²) in [6.45, 7) is 2.47. The van der Waals surface area contributed by atoms with Gasteiger partial charge < -0.3 is 10.4 Å². The van der Waals surface area contributed by atoms with E-state index in [2.05, 4.69) is 5.32 Å². The van der Waals surface area contributed by atoms with Gasteiger partial charge in [0, 0.05) is 20.1 Å². The van der Waals surface area contributed by atoms with Gasteiger partial charge in [-0.15, -0.1) is 0 Å². The summed E-state index contributed by atoms with van der Waals surface area (Å²) < 4.78 is 26.4. The number of aliphatic hydroxyl groups excluding tert-OH is 1. The zero-order chi connectivity index (χ0) is 14.9. The second-order valence-corrected chi connectivity index (χ2v) is 6.87. The number of aryl methyl sites for hydroxylation is 1. The van der Waals surface area contributed by atoms with Crippen molar-refractivity contribution in [3.8, 4) is 6.07 Å². The first kappa shape index (κ1) is 14.9. The molecule has 2 atom stereocenters. The largest absolute Gasteiger partial charge is 0.390 e. The second kappa shape index (κ2) is 5.50. The van der Waals surface area contributed by atoms with Gasteiger partial charge in [-0.2, -0.15) is 9.57 Å². The first-order chi connectivity index (χ1) is 9.37. The lowest BCUT2D eigenvalue weighted by Crippen LogP contribution is -2.44. The first-order valence-electron chi connectivity index (χ1n) is 6.25. The van der Waals surface area contributed by atoms with Crippen LogP contribution in [-0.4, -0.2) is 50.1 Å². The molecule has 1 aliphatic rings. The summed E-state index contributed by atoms with van der Waals surface area (Å²) in [6, 6.07) is 5.97. The van der Waals surface area contributed by atoms with Crippen LogP contribution < -0.4 is 5.32 Å². The number of hydrogen-bond donors (Lipinski definition) is 2. The summed E-state index contributed by atoms with van der Waals surface area (Å²) in [5, 5.41) is 21.6. The zero-order valence-corrected chi connectivity index (χ0v) is 12.2. The lowest BCUT2D eigenvalue weighted by molar-refractivity contribution is 0.136. The molecule has 0 radical (unpaired) electrons. The predicted octanol–water partition coefficient (Wildman–Crippen LogP) is -0.180. The summed E-state index contributed by atoms with van der Waals surface area (Å²) >= 11 is 0. The fourth-order valence-electron chi connectivity index (χ4n) is 2.36. The number of sulfonamides is 1. The molecule has 1 fully saturated rings. The minimum absolute atomic E-state index is 0.165. The molecule has 108 valence electrons. The lowest BCUT2D eigenvalue weighted by Gasteiger charge is -2.26. The van der Waals surface area contributed by atoms with Crippen molar-refractivity contribution < 1.29 is 13.5 Å². The van der Waals surface area contributed by atoms with Gasteiger partial charge in [0.05, 0.1) is 28.7 Å². The average molecular weight is 295 g/mol. The molecular weight excluding hydrogens is 278 g/mol. The highest BCUT2D eigenvalue weighted by molar-refractivity contribution is 7.89. The van der Waals surface area contributed by atoms with Crippen molar-refractivity contribution in [1.29, 1.82) is 5.26 Å². The Morgan fingerprint density at radius 1 is 1.45 bits per heavy atom. The Labute approximate surface area is 118 Å². The Bertz CT molecular complexity index is 651. The monoisotopic (exact) mass is 295 g/mol. The summed E-state index contributed by atoms with van der Waals surface area (Å²) in [5.74, 6) is 0. The van der Waals surface area contributed by atoms with Crippen LogP contribution >= 0.6 is 0 Å². The number of rotatable bonds is 3. The molecule has 20 heavy (non-hydrogen) atoms. The van der Waals surface area contributed by atoms with Crippen molar-refractivity contribution in [2.75, 3.05) is 20.1 Å². The van der Waals surface area contributed by atoms with E-state index in [1.807, 2.05) is 6.07 Å². The van der Waals surface area contributed by atoms with E-state index >= 15 is 0 Å². The molecule has 1 saturated heterocycles. The SMILES string of the molecule is Cc1cc(C#N)ccc1S(=O)(=O)N(C)[C@@H]1CNC[C@H]1O. The van der Waals surface area contributed by atoms with Crippen LogP contribution in [-0.2, 0) is 10.0 Å². The Morgan fingerprint density at radius 3 is 2.65 bits per heavy atom. The van der Waals surface area contributed by atoms with Gasteiger partial charge in [0.1, 0.15) is 0 Å². The van der Waals surface area contributed by atoms with E-state index in [0.29, 0.717) is 24.2 Å². The summed E-state index contributed by atoms with van der Waals surface area (Å²) in [4.78, 5) is 0.165. The van der Waals surface area contributed by atoms with Crippen LogP contribution in [0.2, 0.25) is 0 Å². The maximum atomic E-state index is 12.6. The molecule has 1 heterocycles. The van der Waals surface area contributed by atoms with Gasteiger partial charge in [-0.3, -0.25) is 0 Å². The molecule has 0 aliphatic carbocycles. The summed E-state index contributed by atoms with van der Waals surface area (Å²) in [5.41, 5.74) is 0.947. The molecule has 0 spiro atoms. The molecule has 2 N–H and O–H groups in total. The molecule has 0 aromatic heterocycles. The number of β-amino-alcohol motifs (C(OH)–C–C–N with tert-alkyl or cyclic N) is 1. The summed E-state index contributed by atoms with van der Waals surface area (Å²) in [6.07, 6.45) is -0.714. The minimum Gasteiger partial charge on any atom is -0.390 e. The number of hydrogen-bond acceptors (Lipinski definition) is 5. The van der Waals surface area contributed by atoms with E-state index in [1.165, 1.54) is 23.5 Å². The lowest BCUT2D eigenvalue weighted by atomic mass is 10.2. The van der Waals surface area contributed by atoms with Crippen molar-refractivity contribution in [3.63, 3.8) is 0 Å². The van der Waals surface area contributed by atoms with Crippen LogP contribution in [0.15, 0.2) is 23.1 Å². The second-order valence-electron chi connectivity index (χ2n) is 4.91. The van der Waals surface area contributed by atoms with Gasteiger partial charge in [0.25, 0.3) is 0 Å². The van der Waals surface area contributed by atoms with Gasteiger partial charge >= 0.3 is 0 Å². The van der Waals surface area contributed by atoms with E-state index in [9.17, 15) is 13.5 Å². The van der Waals surface area contributed by atoms with Gasteiger partial charge in [-0.05, 0) is 30.7 Å². The van der Waals surface area contributed by atoms with Crippen LogP contribution in [0.3, 0.4) is 0 Å². The van der Waals surface area contributed by atoms with Gasteiger partial charge in [-0.1, -0.05) is 0 Å². The van der Waals surface area contributed by atoms with E-state index in [-0.39, 0.29) is 4.90 Å². The topological polar surface area (TPSA) is 93.4 Å². The molecule has 1 aliphatic heterocycles. The van der Waals surface area contributed by atoms with Crippen LogP contribution in [0, 0.1) is 18.3 Å². The third-order valence-electron chi connectivity index (χ3n) is 3.58. The van der Waals surface area contributed by atoms with Gasteiger partial charge in [0.2, 0.25) is 10.0 Å². The Balaban J connectivity index is 2.38. The highest BCUT2D eigenvalue weighted by Crippen LogP contribution is 2.23. The number of benzene rings is 1. The van der Waals surface area contributed by atoms with Gasteiger partial charge in [0.15, 0.2) is 0 Å². The van der Waals surface area contributed by atoms with Crippen molar-refractivity contribution in [3.05, 3.63) is 29.3 Å². The molecule has 1 aromatic rings. The molecule has 0 saturated carbocycles. The number of aliphatic hydroxyl groups is 1. The first-order valence-corrected chi connectivity index (χ1v) is 7.69. The highest BCUT2D eigenvalue weighted by Gasteiger charge is 2.36. The van der Waals surface area contributed by atoms with Crippen LogP contribution in [0.1, 0.15) is 11.1 Å². The number of likely N-dealkylation sites (N-methyl/N-ethyl adjacent to an activating group) is 1. The van der Waals surface area contributed by atoms with Crippen molar-refractivity contribution in [1.82, 2.24) is 9.62 Å². The molecule has 0 unspecified atom stereocenters. The van der Waals surface area contributed by atoms with E-state index in [4.69, 9.17) is 5.26 Å². The van der Waals surface area contributed by atoms with E-state index in [0.717, 1.165) is 0 Å². The van der Waals surface area contributed by atoms with E-state index < -0.39 is 22.2 Å². The maximum absolute atomic E-state index is 12.6. The zero-order valence-electron chi connectivity index (χ0n) is 11.4. The number of nitriles is 1. The van der Waals surface area contributed by atoms with Crippen molar-refractivity contribution in [2.45, 2.75) is 24.0 Å². The minimum atomic E-state index is -3.69. The Hall–Kier alpha value is -1.46. The normalized spacial score (nSPS) is 22.9. The molecule has 0 amide bonds.